The molecule has 2 amide bonds. The highest BCUT2D eigenvalue weighted by Gasteiger charge is 2.33. The van der Waals surface area contributed by atoms with Crippen LogP contribution in [0.15, 0.2) is 103 Å². The maximum atomic E-state index is 14.1. The van der Waals surface area contributed by atoms with Crippen molar-refractivity contribution in [3.8, 4) is 5.75 Å². The van der Waals surface area contributed by atoms with Crippen LogP contribution < -0.4 is 15.0 Å². The molecule has 0 unspecified atom stereocenters. The Balaban J connectivity index is 1.52. The normalized spacial score (nSPS) is 11.7. The molecule has 40 heavy (non-hydrogen) atoms. The monoisotopic (exact) mass is 537 g/mol. The molecule has 5 rings (SSSR count). The molecule has 0 saturated heterocycles. The van der Waals surface area contributed by atoms with Gasteiger partial charge in [0.2, 0.25) is 11.8 Å². The van der Waals surface area contributed by atoms with E-state index in [2.05, 4.69) is 15.6 Å². The third-order valence-corrected chi connectivity index (χ3v) is 6.40. The minimum absolute atomic E-state index is 0.137. The lowest BCUT2D eigenvalue weighted by Gasteiger charge is -2.31. The molecule has 202 valence electrons. The number of nitrogens with one attached hydrogen (secondary N) is 1. The molecule has 8 nitrogen and oxygen atoms in total. The smallest absolute Gasteiger partial charge is 0.249 e. The van der Waals surface area contributed by atoms with E-state index >= 15 is 0 Å². The van der Waals surface area contributed by atoms with Gasteiger partial charge in [-0.15, -0.1) is 5.10 Å². The molecule has 0 radical (unpaired) electrons. The van der Waals surface area contributed by atoms with E-state index in [1.165, 1.54) is 21.7 Å². The Kier molecular flexibility index (Phi) is 8.10. The number of halogens is 1. The molecule has 0 bridgehead atoms. The second-order valence-electron chi connectivity index (χ2n) is 9.08. The van der Waals surface area contributed by atoms with Crippen LogP contribution in [0.4, 0.5) is 10.1 Å². The SMILES string of the molecule is CCOc1ccc(N(C(=O)Cn2nnc3ccccc32)[C@@H](C(=O)NCc2ccc(F)cc2)c2ccccc2)cc1. The summed E-state index contributed by atoms with van der Waals surface area (Å²) in [6.45, 7) is 2.42. The van der Waals surface area contributed by atoms with Crippen molar-refractivity contribution in [2.24, 2.45) is 0 Å². The zero-order valence-corrected chi connectivity index (χ0v) is 21.9. The summed E-state index contributed by atoms with van der Waals surface area (Å²) >= 11 is 0. The van der Waals surface area contributed by atoms with Gasteiger partial charge in [0.1, 0.15) is 29.7 Å². The number of hydrogen-bond donors (Lipinski definition) is 1. The molecule has 1 N–H and O–H groups in total. The van der Waals surface area contributed by atoms with Crippen LogP contribution in [0.2, 0.25) is 0 Å². The fourth-order valence-electron chi connectivity index (χ4n) is 4.49. The lowest BCUT2D eigenvalue weighted by atomic mass is 10.0. The molecule has 0 aliphatic heterocycles. The van der Waals surface area contributed by atoms with Crippen LogP contribution in [0.1, 0.15) is 24.1 Å². The fraction of sp³-hybridized carbons (Fsp3) is 0.161. The highest BCUT2D eigenvalue weighted by molar-refractivity contribution is 6.01. The van der Waals surface area contributed by atoms with Gasteiger partial charge in [-0.1, -0.05) is 59.8 Å². The number of hydrogen-bond acceptors (Lipinski definition) is 5. The van der Waals surface area contributed by atoms with Gasteiger partial charge in [0.25, 0.3) is 0 Å². The molecule has 0 aliphatic rings. The van der Waals surface area contributed by atoms with Crippen molar-refractivity contribution in [3.63, 3.8) is 0 Å². The van der Waals surface area contributed by atoms with E-state index in [0.717, 1.165) is 5.56 Å². The van der Waals surface area contributed by atoms with Crippen LogP contribution in [0.25, 0.3) is 11.0 Å². The van der Waals surface area contributed by atoms with Gasteiger partial charge >= 0.3 is 0 Å². The molecule has 5 aromatic rings. The average molecular weight is 538 g/mol. The third kappa shape index (κ3) is 5.99. The van der Waals surface area contributed by atoms with Crippen molar-refractivity contribution in [1.82, 2.24) is 20.3 Å². The van der Waals surface area contributed by atoms with Crippen LogP contribution >= 0.6 is 0 Å². The molecule has 9 heteroatoms. The average Bonchev–Trinajstić information content (AvgIpc) is 3.39. The van der Waals surface area contributed by atoms with E-state index in [1.807, 2.05) is 61.5 Å². The Hall–Kier alpha value is -5.05. The van der Waals surface area contributed by atoms with Gasteiger partial charge in [0, 0.05) is 12.2 Å². The minimum Gasteiger partial charge on any atom is -0.494 e. The third-order valence-electron chi connectivity index (χ3n) is 6.40. The summed E-state index contributed by atoms with van der Waals surface area (Å²) in [7, 11) is 0. The number of anilines is 1. The van der Waals surface area contributed by atoms with E-state index in [9.17, 15) is 14.0 Å². The van der Waals surface area contributed by atoms with Gasteiger partial charge in [-0.05, 0) is 66.6 Å². The zero-order chi connectivity index (χ0) is 27.9. The number of rotatable bonds is 10. The van der Waals surface area contributed by atoms with Crippen molar-refractivity contribution >= 4 is 28.5 Å². The Morgan fingerprint density at radius 2 is 1.62 bits per heavy atom. The molecular formula is C31H28FN5O3. The van der Waals surface area contributed by atoms with Crippen LogP contribution in [0, 0.1) is 5.82 Å². The van der Waals surface area contributed by atoms with E-state index < -0.39 is 6.04 Å². The Morgan fingerprint density at radius 3 is 2.35 bits per heavy atom. The molecule has 1 heterocycles. The van der Waals surface area contributed by atoms with Gasteiger partial charge in [-0.3, -0.25) is 14.5 Å². The molecule has 0 saturated carbocycles. The maximum Gasteiger partial charge on any atom is 0.249 e. The van der Waals surface area contributed by atoms with E-state index in [1.54, 1.807) is 36.4 Å². The van der Waals surface area contributed by atoms with Crippen molar-refractivity contribution < 1.29 is 18.7 Å². The first-order chi connectivity index (χ1) is 19.5. The minimum atomic E-state index is -0.998. The Bertz CT molecular complexity index is 1590. The summed E-state index contributed by atoms with van der Waals surface area (Å²) in [4.78, 5) is 29.4. The van der Waals surface area contributed by atoms with Crippen LogP contribution in [0.3, 0.4) is 0 Å². The first-order valence-corrected chi connectivity index (χ1v) is 12.9. The lowest BCUT2D eigenvalue weighted by molar-refractivity contribution is -0.127. The maximum absolute atomic E-state index is 14.1. The van der Waals surface area contributed by atoms with E-state index in [4.69, 9.17) is 4.74 Å². The van der Waals surface area contributed by atoms with Crippen LogP contribution in [0.5, 0.6) is 5.75 Å². The number of fused-ring (bicyclic) bond motifs is 1. The number of aromatic nitrogens is 3. The lowest BCUT2D eigenvalue weighted by Crippen LogP contribution is -2.45. The van der Waals surface area contributed by atoms with Gasteiger partial charge in [0.15, 0.2) is 0 Å². The van der Waals surface area contributed by atoms with Gasteiger partial charge in [-0.2, -0.15) is 0 Å². The Morgan fingerprint density at radius 1 is 0.925 bits per heavy atom. The zero-order valence-electron chi connectivity index (χ0n) is 21.9. The number of nitrogens with zero attached hydrogens (tertiary/aromatic N) is 4. The van der Waals surface area contributed by atoms with Crippen LogP contribution in [-0.2, 0) is 22.7 Å². The van der Waals surface area contributed by atoms with Gasteiger partial charge < -0.3 is 10.1 Å². The molecular weight excluding hydrogens is 509 g/mol. The van der Waals surface area contributed by atoms with E-state index in [-0.39, 0.29) is 30.7 Å². The van der Waals surface area contributed by atoms with Crippen molar-refractivity contribution in [2.75, 3.05) is 11.5 Å². The molecule has 0 fully saturated rings. The summed E-state index contributed by atoms with van der Waals surface area (Å²) in [6.07, 6.45) is 0. The predicted molar refractivity (Wildman–Crippen MR) is 150 cm³/mol. The topological polar surface area (TPSA) is 89.3 Å². The molecule has 0 spiro atoms. The second-order valence-corrected chi connectivity index (χ2v) is 9.08. The highest BCUT2D eigenvalue weighted by atomic mass is 19.1. The largest absolute Gasteiger partial charge is 0.494 e. The first-order valence-electron chi connectivity index (χ1n) is 12.9. The summed E-state index contributed by atoms with van der Waals surface area (Å²) in [6, 6.07) is 28.4. The predicted octanol–water partition coefficient (Wildman–Crippen LogP) is 5.06. The van der Waals surface area contributed by atoms with E-state index in [0.29, 0.717) is 34.6 Å². The van der Waals surface area contributed by atoms with Gasteiger partial charge in [-0.25, -0.2) is 9.07 Å². The molecule has 0 aliphatic carbocycles. The number of para-hydroxylation sites is 1. The molecule has 4 aromatic carbocycles. The van der Waals surface area contributed by atoms with Crippen molar-refractivity contribution in [1.29, 1.82) is 0 Å². The summed E-state index contributed by atoms with van der Waals surface area (Å²) in [5, 5.41) is 11.3. The number of amides is 2. The number of ether oxygens (including phenoxy) is 1. The summed E-state index contributed by atoms with van der Waals surface area (Å²) < 4.78 is 20.5. The van der Waals surface area contributed by atoms with Gasteiger partial charge in [0.05, 0.1) is 12.1 Å². The summed E-state index contributed by atoms with van der Waals surface area (Å²) in [5.74, 6) is -0.449. The number of carbonyl (C=O) groups is 2. The standard InChI is InChI=1S/C31H28FN5O3/c1-2-40-26-18-16-25(17-19-26)37(29(38)21-36-28-11-7-6-10-27(28)34-35-36)30(23-8-4-3-5-9-23)31(39)33-20-22-12-14-24(32)15-13-22/h3-19,30H,2,20-21H2,1H3,(H,33,39)/t30-/m1/s1. The second kappa shape index (κ2) is 12.2. The van der Waals surface area contributed by atoms with Crippen molar-refractivity contribution in [3.05, 3.63) is 120 Å². The molecule has 1 atom stereocenters. The van der Waals surface area contributed by atoms with Crippen LogP contribution in [-0.4, -0.2) is 33.4 Å². The van der Waals surface area contributed by atoms with Crippen molar-refractivity contribution in [2.45, 2.75) is 26.1 Å². The first kappa shape index (κ1) is 26.6. The number of benzene rings is 4. The molecule has 1 aromatic heterocycles. The fourth-order valence-corrected chi connectivity index (χ4v) is 4.49. The number of carbonyl (C=O) groups excluding carboxylic acids is 2. The Labute approximate surface area is 231 Å². The highest BCUT2D eigenvalue weighted by Crippen LogP contribution is 2.30. The summed E-state index contributed by atoms with van der Waals surface area (Å²) in [5.41, 5.74) is 3.25. The quantitative estimate of drug-likeness (QED) is 0.269.